The smallest absolute Gasteiger partial charge is 0.403 e. The molecule has 0 aliphatic heterocycles. The van der Waals surface area contributed by atoms with Gasteiger partial charge in [-0.15, -0.1) is 13.2 Å². The van der Waals surface area contributed by atoms with Gasteiger partial charge in [0, 0.05) is 0 Å². The molecular formula is C8H5F4N3O. The molecule has 0 saturated heterocycles. The van der Waals surface area contributed by atoms with E-state index in [-0.39, 0.29) is 5.69 Å². The van der Waals surface area contributed by atoms with Gasteiger partial charge in [0.1, 0.15) is 18.3 Å². The average molecular weight is 235 g/mol. The maximum absolute atomic E-state index is 12.3. The van der Waals surface area contributed by atoms with Gasteiger partial charge in [0.15, 0.2) is 5.75 Å². The van der Waals surface area contributed by atoms with E-state index in [0.717, 1.165) is 0 Å². The van der Waals surface area contributed by atoms with Gasteiger partial charge in [0.25, 0.3) is 0 Å². The van der Waals surface area contributed by atoms with Crippen molar-refractivity contribution in [1.82, 2.24) is 4.98 Å². The molecule has 1 aromatic heterocycles. The van der Waals surface area contributed by atoms with Crippen LogP contribution in [-0.2, 0) is 6.67 Å². The summed E-state index contributed by atoms with van der Waals surface area (Å²) in [6.45, 7) is -1.08. The Morgan fingerprint density at radius 1 is 1.50 bits per heavy atom. The molecule has 86 valence electrons. The van der Waals surface area contributed by atoms with Gasteiger partial charge in [-0.05, 0) is 0 Å². The number of pyridine rings is 1. The molecule has 1 rings (SSSR count). The second kappa shape index (κ2) is 4.22. The van der Waals surface area contributed by atoms with Crippen molar-refractivity contribution in [2.45, 2.75) is 13.0 Å². The molecular weight excluding hydrogens is 230 g/mol. The molecule has 8 heteroatoms. The van der Waals surface area contributed by atoms with Crippen molar-refractivity contribution in [3.05, 3.63) is 17.5 Å². The minimum Gasteiger partial charge on any atom is -0.403 e. The van der Waals surface area contributed by atoms with E-state index in [2.05, 4.69) is 9.72 Å². The third-order valence-electron chi connectivity index (χ3n) is 1.63. The molecule has 0 saturated carbocycles. The van der Waals surface area contributed by atoms with Gasteiger partial charge < -0.3 is 10.5 Å². The molecule has 0 radical (unpaired) electrons. The third-order valence-corrected chi connectivity index (χ3v) is 1.63. The molecule has 2 N–H and O–H groups in total. The van der Waals surface area contributed by atoms with Crippen molar-refractivity contribution >= 4 is 5.69 Å². The second-order valence-electron chi connectivity index (χ2n) is 2.65. The van der Waals surface area contributed by atoms with Gasteiger partial charge in [-0.3, -0.25) is 4.98 Å². The van der Waals surface area contributed by atoms with Crippen LogP contribution in [0.2, 0.25) is 0 Å². The van der Waals surface area contributed by atoms with Crippen molar-refractivity contribution in [2.24, 2.45) is 0 Å². The van der Waals surface area contributed by atoms with Crippen LogP contribution in [0.1, 0.15) is 11.3 Å². The Bertz CT molecular complexity index is 438. The first kappa shape index (κ1) is 12.0. The maximum Gasteiger partial charge on any atom is 0.573 e. The number of nitriles is 1. The Morgan fingerprint density at radius 3 is 2.56 bits per heavy atom. The number of nitrogens with two attached hydrogens (primary N) is 1. The highest BCUT2D eigenvalue weighted by Gasteiger charge is 2.33. The number of anilines is 1. The predicted octanol–water partition coefficient (Wildman–Crippen LogP) is 1.90. The first-order chi connectivity index (χ1) is 7.39. The van der Waals surface area contributed by atoms with E-state index < -0.39 is 30.0 Å². The van der Waals surface area contributed by atoms with Crippen molar-refractivity contribution in [1.29, 1.82) is 5.26 Å². The van der Waals surface area contributed by atoms with Crippen LogP contribution >= 0.6 is 0 Å². The van der Waals surface area contributed by atoms with E-state index in [0.29, 0.717) is 6.20 Å². The fourth-order valence-electron chi connectivity index (χ4n) is 0.972. The van der Waals surface area contributed by atoms with Crippen molar-refractivity contribution < 1.29 is 22.3 Å². The lowest BCUT2D eigenvalue weighted by atomic mass is 10.2. The fraction of sp³-hybridized carbons (Fsp3) is 0.250. The summed E-state index contributed by atoms with van der Waals surface area (Å²) in [4.78, 5) is 3.31. The van der Waals surface area contributed by atoms with Crippen LogP contribution in [0.25, 0.3) is 0 Å². The number of halogens is 4. The summed E-state index contributed by atoms with van der Waals surface area (Å²) in [5, 5.41) is 8.59. The monoisotopic (exact) mass is 235 g/mol. The molecule has 16 heavy (non-hydrogen) atoms. The topological polar surface area (TPSA) is 71.9 Å². The first-order valence-corrected chi connectivity index (χ1v) is 3.88. The van der Waals surface area contributed by atoms with E-state index in [1.807, 2.05) is 0 Å². The molecule has 0 atom stereocenters. The molecule has 0 fully saturated rings. The highest BCUT2D eigenvalue weighted by Crippen LogP contribution is 2.30. The highest BCUT2D eigenvalue weighted by atomic mass is 19.4. The predicted molar refractivity (Wildman–Crippen MR) is 44.9 cm³/mol. The Labute approximate surface area is 87.3 Å². The number of alkyl halides is 4. The van der Waals surface area contributed by atoms with Gasteiger partial charge >= 0.3 is 6.36 Å². The Hall–Kier alpha value is -2.04. The Balaban J connectivity index is 3.23. The number of hydrogen-bond donors (Lipinski definition) is 1. The molecule has 0 spiro atoms. The number of rotatable bonds is 2. The zero-order chi connectivity index (χ0) is 12.3. The lowest BCUT2D eigenvalue weighted by molar-refractivity contribution is -0.274. The van der Waals surface area contributed by atoms with Crippen LogP contribution in [0.15, 0.2) is 6.20 Å². The van der Waals surface area contributed by atoms with Gasteiger partial charge in [-0.25, -0.2) is 4.39 Å². The minimum absolute atomic E-state index is 0.300. The summed E-state index contributed by atoms with van der Waals surface area (Å²) in [5.41, 5.74) is 3.92. The molecule has 1 heterocycles. The molecule has 0 aromatic carbocycles. The van der Waals surface area contributed by atoms with Crippen LogP contribution in [-0.4, -0.2) is 11.3 Å². The third kappa shape index (κ3) is 2.50. The minimum atomic E-state index is -4.96. The summed E-state index contributed by atoms with van der Waals surface area (Å²) >= 11 is 0. The van der Waals surface area contributed by atoms with E-state index in [1.165, 1.54) is 6.07 Å². The zero-order valence-corrected chi connectivity index (χ0v) is 7.68. The van der Waals surface area contributed by atoms with Gasteiger partial charge in [0.05, 0.1) is 17.6 Å². The van der Waals surface area contributed by atoms with Crippen LogP contribution in [0, 0.1) is 11.3 Å². The molecule has 0 bridgehead atoms. The van der Waals surface area contributed by atoms with Crippen LogP contribution in [0.3, 0.4) is 0 Å². The molecule has 4 nitrogen and oxygen atoms in total. The number of ether oxygens (including phenoxy) is 1. The summed E-state index contributed by atoms with van der Waals surface area (Å²) in [6.07, 6.45) is -4.35. The second-order valence-corrected chi connectivity index (χ2v) is 2.65. The van der Waals surface area contributed by atoms with E-state index in [9.17, 15) is 17.6 Å². The van der Waals surface area contributed by atoms with E-state index >= 15 is 0 Å². The van der Waals surface area contributed by atoms with Gasteiger partial charge in [-0.2, -0.15) is 5.26 Å². The molecule has 0 aliphatic carbocycles. The van der Waals surface area contributed by atoms with Crippen LogP contribution in [0.4, 0.5) is 23.2 Å². The van der Waals surface area contributed by atoms with E-state index in [4.69, 9.17) is 11.0 Å². The standard InChI is InChI=1S/C8H5F4N3O/c9-1-5-7(14)4(2-13)6(3-15-5)16-8(10,11)12/h3H,1,14H2. The van der Waals surface area contributed by atoms with Crippen molar-refractivity contribution in [2.75, 3.05) is 5.73 Å². The molecule has 0 aliphatic rings. The largest absolute Gasteiger partial charge is 0.573 e. The van der Waals surface area contributed by atoms with E-state index in [1.54, 1.807) is 0 Å². The quantitative estimate of drug-likeness (QED) is 0.794. The lowest BCUT2D eigenvalue weighted by Crippen LogP contribution is -2.18. The number of hydrogen-bond acceptors (Lipinski definition) is 4. The first-order valence-electron chi connectivity index (χ1n) is 3.88. The Morgan fingerprint density at radius 2 is 2.12 bits per heavy atom. The molecule has 1 aromatic rings. The normalized spacial score (nSPS) is 10.9. The summed E-state index contributed by atoms with van der Waals surface area (Å²) in [6, 6.07) is 1.40. The number of nitrogen functional groups attached to an aromatic ring is 1. The SMILES string of the molecule is N#Cc1c(OC(F)(F)F)cnc(CF)c1N. The summed E-state index contributed by atoms with van der Waals surface area (Å²) in [5.74, 6) is -0.843. The van der Waals surface area contributed by atoms with Gasteiger partial charge in [-0.1, -0.05) is 0 Å². The zero-order valence-electron chi connectivity index (χ0n) is 7.68. The fourth-order valence-corrected chi connectivity index (χ4v) is 0.972. The molecule has 0 amide bonds. The molecule has 0 unspecified atom stereocenters. The number of nitrogens with zero attached hydrogens (tertiary/aromatic N) is 2. The Kier molecular flexibility index (Phi) is 3.17. The lowest BCUT2D eigenvalue weighted by Gasteiger charge is -2.11. The average Bonchev–Trinajstić information content (AvgIpc) is 2.16. The highest BCUT2D eigenvalue weighted by molar-refractivity contribution is 5.62. The number of aromatic nitrogens is 1. The maximum atomic E-state index is 12.3. The van der Waals surface area contributed by atoms with Crippen LogP contribution < -0.4 is 10.5 Å². The summed E-state index contributed by atoms with van der Waals surface area (Å²) in [7, 11) is 0. The van der Waals surface area contributed by atoms with Gasteiger partial charge in [0.2, 0.25) is 0 Å². The summed E-state index contributed by atoms with van der Waals surface area (Å²) < 4.78 is 51.5. The van der Waals surface area contributed by atoms with Crippen LogP contribution in [0.5, 0.6) is 5.75 Å². The van der Waals surface area contributed by atoms with Crippen molar-refractivity contribution in [3.8, 4) is 11.8 Å². The van der Waals surface area contributed by atoms with Crippen molar-refractivity contribution in [3.63, 3.8) is 0 Å².